The second-order valence-electron chi connectivity index (χ2n) is 9.69. The summed E-state index contributed by atoms with van der Waals surface area (Å²) in [6, 6.07) is 8.57. The molecule has 7 heteroatoms. The average Bonchev–Trinajstić information content (AvgIpc) is 3.49. The summed E-state index contributed by atoms with van der Waals surface area (Å²) in [6.45, 7) is 2.24. The minimum atomic E-state index is -0.378. The van der Waals surface area contributed by atoms with Crippen LogP contribution in [-0.2, 0) is 9.59 Å². The number of carbonyl (C=O) groups is 2. The Morgan fingerprint density at radius 2 is 2.00 bits per heavy atom. The standard InChI is InChI=1S/C24H28N4O3/c29-20-6-3-9-27(20)14-21(30)26-10-7-24(8-11-26)12-18(23(24)31)22-17-5-2-1-4-16(17)19-13-25-15-28(19)22/h1-2,4-5,13,15,18,22-23,31H,3,6-12,14H2. The second-order valence-corrected chi connectivity index (χ2v) is 9.69. The molecule has 2 amide bonds. The zero-order valence-electron chi connectivity index (χ0n) is 17.6. The summed E-state index contributed by atoms with van der Waals surface area (Å²) >= 11 is 0. The summed E-state index contributed by atoms with van der Waals surface area (Å²) in [5, 5.41) is 11.3. The molecule has 3 fully saturated rings. The van der Waals surface area contributed by atoms with E-state index < -0.39 is 0 Å². The summed E-state index contributed by atoms with van der Waals surface area (Å²) in [7, 11) is 0. The van der Waals surface area contributed by atoms with Crippen molar-refractivity contribution in [3.63, 3.8) is 0 Å². The number of nitrogens with zero attached hydrogens (tertiary/aromatic N) is 4. The number of hydrogen-bond donors (Lipinski definition) is 1. The molecule has 4 aliphatic rings. The lowest BCUT2D eigenvalue weighted by atomic mass is 9.53. The molecule has 3 unspecified atom stereocenters. The second kappa shape index (κ2) is 6.92. The molecular weight excluding hydrogens is 392 g/mol. The number of aliphatic hydroxyl groups is 1. The third kappa shape index (κ3) is 2.79. The Morgan fingerprint density at radius 3 is 2.74 bits per heavy atom. The molecule has 1 aromatic heterocycles. The molecular formula is C24H28N4O3. The summed E-state index contributed by atoms with van der Waals surface area (Å²) in [4.78, 5) is 32.4. The van der Waals surface area contributed by atoms with Gasteiger partial charge in [-0.25, -0.2) is 4.98 Å². The Labute approximate surface area is 181 Å². The van der Waals surface area contributed by atoms with Crippen molar-refractivity contribution < 1.29 is 14.7 Å². The monoisotopic (exact) mass is 420 g/mol. The molecule has 0 radical (unpaired) electrons. The first-order chi connectivity index (χ1) is 15.1. The van der Waals surface area contributed by atoms with Crippen molar-refractivity contribution in [3.8, 4) is 11.3 Å². The highest BCUT2D eigenvalue weighted by Crippen LogP contribution is 2.59. The fraction of sp³-hybridized carbons (Fsp3) is 0.542. The number of piperidine rings is 1. The van der Waals surface area contributed by atoms with E-state index in [1.165, 1.54) is 11.1 Å². The van der Waals surface area contributed by atoms with E-state index in [4.69, 9.17) is 0 Å². The third-order valence-electron chi connectivity index (χ3n) is 8.21. The lowest BCUT2D eigenvalue weighted by Gasteiger charge is -2.58. The number of likely N-dealkylation sites (tertiary alicyclic amines) is 2. The number of carbonyl (C=O) groups excluding carboxylic acids is 2. The van der Waals surface area contributed by atoms with Crippen LogP contribution in [0.2, 0.25) is 0 Å². The SMILES string of the molecule is O=C(CN1CCCC1=O)N1CCC2(CC1)CC(C1c3ccccc3-c3cncn31)C2O. The van der Waals surface area contributed by atoms with Crippen molar-refractivity contribution in [1.29, 1.82) is 0 Å². The van der Waals surface area contributed by atoms with E-state index in [0.29, 0.717) is 26.1 Å². The maximum absolute atomic E-state index is 12.7. The van der Waals surface area contributed by atoms with Gasteiger partial charge in [-0.15, -0.1) is 0 Å². The van der Waals surface area contributed by atoms with Crippen LogP contribution in [0.1, 0.15) is 43.7 Å². The van der Waals surface area contributed by atoms with Gasteiger partial charge < -0.3 is 19.5 Å². The topological polar surface area (TPSA) is 78.7 Å². The molecule has 1 aromatic carbocycles. The largest absolute Gasteiger partial charge is 0.392 e. The lowest BCUT2D eigenvalue weighted by Crippen LogP contribution is -2.60. The molecule has 1 aliphatic carbocycles. The lowest BCUT2D eigenvalue weighted by molar-refractivity contribution is -0.165. The van der Waals surface area contributed by atoms with Gasteiger partial charge in [0.2, 0.25) is 11.8 Å². The third-order valence-corrected chi connectivity index (χ3v) is 8.21. The van der Waals surface area contributed by atoms with Gasteiger partial charge in [0.1, 0.15) is 0 Å². The molecule has 6 rings (SSSR count). The molecule has 3 aliphatic heterocycles. The van der Waals surface area contributed by atoms with Crippen molar-refractivity contribution in [2.75, 3.05) is 26.2 Å². The van der Waals surface area contributed by atoms with Crippen LogP contribution in [0.4, 0.5) is 0 Å². The first-order valence-corrected chi connectivity index (χ1v) is 11.4. The molecule has 7 nitrogen and oxygen atoms in total. The highest BCUT2D eigenvalue weighted by atomic mass is 16.3. The van der Waals surface area contributed by atoms with Crippen LogP contribution in [0.25, 0.3) is 11.3 Å². The van der Waals surface area contributed by atoms with E-state index in [1.54, 1.807) is 4.90 Å². The highest BCUT2D eigenvalue weighted by molar-refractivity contribution is 5.86. The van der Waals surface area contributed by atoms with Crippen LogP contribution in [0.3, 0.4) is 0 Å². The predicted octanol–water partition coefficient (Wildman–Crippen LogP) is 2.06. The van der Waals surface area contributed by atoms with Gasteiger partial charge in [-0.2, -0.15) is 0 Å². The highest BCUT2D eigenvalue weighted by Gasteiger charge is 2.58. The molecule has 1 spiro atoms. The number of imidazole rings is 1. The number of aromatic nitrogens is 2. The quantitative estimate of drug-likeness (QED) is 0.825. The van der Waals surface area contributed by atoms with Gasteiger partial charge in [-0.1, -0.05) is 24.3 Å². The predicted molar refractivity (Wildman–Crippen MR) is 114 cm³/mol. The van der Waals surface area contributed by atoms with Crippen LogP contribution in [0.15, 0.2) is 36.8 Å². The van der Waals surface area contributed by atoms with E-state index in [-0.39, 0.29) is 41.8 Å². The fourth-order valence-corrected chi connectivity index (χ4v) is 6.43. The summed E-state index contributed by atoms with van der Waals surface area (Å²) in [5.74, 6) is 0.305. The van der Waals surface area contributed by atoms with E-state index in [0.717, 1.165) is 31.4 Å². The molecule has 0 bridgehead atoms. The van der Waals surface area contributed by atoms with E-state index in [1.807, 2.05) is 17.4 Å². The van der Waals surface area contributed by atoms with Crippen LogP contribution in [-0.4, -0.2) is 68.6 Å². The van der Waals surface area contributed by atoms with Gasteiger partial charge >= 0.3 is 0 Å². The maximum Gasteiger partial charge on any atom is 0.242 e. The van der Waals surface area contributed by atoms with Gasteiger partial charge in [-0.3, -0.25) is 9.59 Å². The zero-order chi connectivity index (χ0) is 21.2. The van der Waals surface area contributed by atoms with E-state index in [9.17, 15) is 14.7 Å². The summed E-state index contributed by atoms with van der Waals surface area (Å²) < 4.78 is 2.22. The molecule has 1 N–H and O–H groups in total. The van der Waals surface area contributed by atoms with Crippen LogP contribution >= 0.6 is 0 Å². The van der Waals surface area contributed by atoms with Gasteiger partial charge in [0.25, 0.3) is 0 Å². The number of amides is 2. The Kier molecular flexibility index (Phi) is 4.25. The Morgan fingerprint density at radius 1 is 1.19 bits per heavy atom. The number of rotatable bonds is 3. The molecule has 2 aromatic rings. The van der Waals surface area contributed by atoms with Crippen molar-refractivity contribution in [3.05, 3.63) is 42.4 Å². The fourth-order valence-electron chi connectivity index (χ4n) is 6.43. The Balaban J connectivity index is 1.13. The first-order valence-electron chi connectivity index (χ1n) is 11.4. The molecule has 4 heterocycles. The first kappa shape index (κ1) is 19.0. The van der Waals surface area contributed by atoms with Gasteiger partial charge in [0.05, 0.1) is 36.9 Å². The van der Waals surface area contributed by atoms with Crippen LogP contribution in [0.5, 0.6) is 0 Å². The van der Waals surface area contributed by atoms with Gasteiger partial charge in [0.15, 0.2) is 0 Å². The molecule has 3 atom stereocenters. The average molecular weight is 421 g/mol. The number of benzene rings is 1. The molecule has 31 heavy (non-hydrogen) atoms. The van der Waals surface area contributed by atoms with Gasteiger partial charge in [-0.05, 0) is 31.2 Å². The molecule has 1 saturated carbocycles. The zero-order valence-corrected chi connectivity index (χ0v) is 17.6. The number of aliphatic hydroxyl groups excluding tert-OH is 1. The van der Waals surface area contributed by atoms with Crippen molar-refractivity contribution in [2.45, 2.75) is 44.2 Å². The van der Waals surface area contributed by atoms with E-state index >= 15 is 0 Å². The Hall–Kier alpha value is -2.67. The number of fused-ring (bicyclic) bond motifs is 3. The summed E-state index contributed by atoms with van der Waals surface area (Å²) in [6.07, 6.45) is 7.46. The van der Waals surface area contributed by atoms with Crippen LogP contribution in [0, 0.1) is 11.3 Å². The maximum atomic E-state index is 12.7. The normalized spacial score (nSPS) is 28.5. The summed E-state index contributed by atoms with van der Waals surface area (Å²) in [5.41, 5.74) is 3.53. The smallest absolute Gasteiger partial charge is 0.242 e. The minimum absolute atomic E-state index is 0.0447. The molecule has 2 saturated heterocycles. The van der Waals surface area contributed by atoms with Crippen LogP contribution < -0.4 is 0 Å². The molecule has 162 valence electrons. The van der Waals surface area contributed by atoms with Gasteiger partial charge in [0, 0.05) is 43.0 Å². The van der Waals surface area contributed by atoms with Crippen molar-refractivity contribution in [1.82, 2.24) is 19.4 Å². The van der Waals surface area contributed by atoms with Crippen molar-refractivity contribution >= 4 is 11.8 Å². The number of hydrogen-bond acceptors (Lipinski definition) is 4. The Bertz CT molecular complexity index is 1040. The van der Waals surface area contributed by atoms with Crippen molar-refractivity contribution in [2.24, 2.45) is 11.3 Å². The minimum Gasteiger partial charge on any atom is -0.392 e. The van der Waals surface area contributed by atoms with E-state index in [2.05, 4.69) is 33.8 Å².